The summed E-state index contributed by atoms with van der Waals surface area (Å²) in [5, 5.41) is 0. The van der Waals surface area contributed by atoms with Gasteiger partial charge in [0.15, 0.2) is 0 Å². The molecule has 0 aromatic heterocycles. The van der Waals surface area contributed by atoms with Crippen molar-refractivity contribution in [2.45, 2.75) is 39.3 Å². The van der Waals surface area contributed by atoms with E-state index in [1.165, 1.54) is 14.2 Å². The normalized spacial score (nSPS) is 14.0. The Bertz CT molecular complexity index is 618. The second kappa shape index (κ2) is 6.48. The maximum absolute atomic E-state index is 12.2. The summed E-state index contributed by atoms with van der Waals surface area (Å²) < 4.78 is 15.6. The summed E-state index contributed by atoms with van der Waals surface area (Å²) in [4.78, 5) is 25.7. The van der Waals surface area contributed by atoms with E-state index in [1.807, 2.05) is 26.8 Å². The Labute approximate surface area is 136 Å². The van der Waals surface area contributed by atoms with E-state index in [2.05, 4.69) is 0 Å². The highest BCUT2D eigenvalue weighted by molar-refractivity contribution is 5.93. The number of amides is 1. The van der Waals surface area contributed by atoms with Crippen LogP contribution in [0.4, 0.5) is 4.79 Å². The van der Waals surface area contributed by atoms with Crippen molar-refractivity contribution in [2.75, 3.05) is 20.8 Å². The fraction of sp³-hybridized carbons (Fsp3) is 0.529. The van der Waals surface area contributed by atoms with Crippen LogP contribution in [0.15, 0.2) is 12.1 Å². The largest absolute Gasteiger partial charge is 0.496 e. The zero-order valence-corrected chi connectivity index (χ0v) is 14.3. The van der Waals surface area contributed by atoms with E-state index in [4.69, 9.17) is 14.2 Å². The molecule has 2 rings (SSSR count). The maximum Gasteiger partial charge on any atom is 0.410 e. The first kappa shape index (κ1) is 17.1. The molecule has 0 atom stereocenters. The van der Waals surface area contributed by atoms with Gasteiger partial charge in [-0.1, -0.05) is 6.07 Å². The predicted molar refractivity (Wildman–Crippen MR) is 84.7 cm³/mol. The van der Waals surface area contributed by atoms with Crippen LogP contribution in [0, 0.1) is 0 Å². The Balaban J connectivity index is 2.26. The van der Waals surface area contributed by atoms with Crippen molar-refractivity contribution < 1.29 is 23.8 Å². The average molecular weight is 321 g/mol. The smallest absolute Gasteiger partial charge is 0.410 e. The second-order valence-corrected chi connectivity index (χ2v) is 6.43. The molecule has 0 radical (unpaired) electrons. The predicted octanol–water partition coefficient (Wildman–Crippen LogP) is 2.78. The molecular weight excluding hydrogens is 298 g/mol. The Morgan fingerprint density at radius 3 is 2.43 bits per heavy atom. The van der Waals surface area contributed by atoms with E-state index in [0.29, 0.717) is 30.8 Å². The fourth-order valence-electron chi connectivity index (χ4n) is 2.61. The third kappa shape index (κ3) is 3.75. The molecule has 126 valence electrons. The number of esters is 1. The van der Waals surface area contributed by atoms with E-state index >= 15 is 0 Å². The molecule has 0 unspecified atom stereocenters. The number of fused-ring (bicyclic) bond motifs is 1. The first-order valence-corrected chi connectivity index (χ1v) is 7.52. The number of ether oxygens (including phenoxy) is 3. The molecule has 1 aliphatic heterocycles. The van der Waals surface area contributed by atoms with Gasteiger partial charge in [-0.2, -0.15) is 0 Å². The van der Waals surface area contributed by atoms with Crippen LogP contribution in [0.25, 0.3) is 0 Å². The van der Waals surface area contributed by atoms with E-state index in [9.17, 15) is 9.59 Å². The quantitative estimate of drug-likeness (QED) is 0.784. The molecule has 1 aromatic carbocycles. The zero-order chi connectivity index (χ0) is 17.2. The lowest BCUT2D eigenvalue weighted by Gasteiger charge is -2.32. The number of hydrogen-bond acceptors (Lipinski definition) is 5. The molecule has 0 N–H and O–H groups in total. The highest BCUT2D eigenvalue weighted by atomic mass is 16.6. The third-order valence-corrected chi connectivity index (χ3v) is 3.61. The Hall–Kier alpha value is -2.24. The number of carbonyl (C=O) groups excluding carboxylic acids is 2. The first-order valence-electron chi connectivity index (χ1n) is 7.52. The van der Waals surface area contributed by atoms with Crippen molar-refractivity contribution in [1.82, 2.24) is 4.90 Å². The van der Waals surface area contributed by atoms with Crippen molar-refractivity contribution in [3.8, 4) is 5.75 Å². The SMILES string of the molecule is COC(=O)c1ccc2c(c1OC)CCN(C(=O)OC(C)(C)C)C2. The van der Waals surface area contributed by atoms with Gasteiger partial charge in [-0.25, -0.2) is 9.59 Å². The topological polar surface area (TPSA) is 65.1 Å². The minimum atomic E-state index is -0.524. The van der Waals surface area contributed by atoms with Gasteiger partial charge in [0.2, 0.25) is 0 Å². The van der Waals surface area contributed by atoms with Crippen LogP contribution in [0.1, 0.15) is 42.3 Å². The lowest BCUT2D eigenvalue weighted by atomic mass is 9.96. The van der Waals surface area contributed by atoms with Gasteiger partial charge in [-0.3, -0.25) is 0 Å². The fourth-order valence-corrected chi connectivity index (χ4v) is 2.61. The van der Waals surface area contributed by atoms with Crippen LogP contribution in [-0.4, -0.2) is 43.3 Å². The van der Waals surface area contributed by atoms with Crippen molar-refractivity contribution in [1.29, 1.82) is 0 Å². The minimum absolute atomic E-state index is 0.334. The summed E-state index contributed by atoms with van der Waals surface area (Å²) >= 11 is 0. The van der Waals surface area contributed by atoms with Gasteiger partial charge < -0.3 is 19.1 Å². The molecule has 0 saturated carbocycles. The van der Waals surface area contributed by atoms with Crippen LogP contribution in [0.2, 0.25) is 0 Å². The Morgan fingerprint density at radius 1 is 1.17 bits per heavy atom. The minimum Gasteiger partial charge on any atom is -0.496 e. The molecule has 0 spiro atoms. The molecule has 0 bridgehead atoms. The summed E-state index contributed by atoms with van der Waals surface area (Å²) in [6.07, 6.45) is 0.266. The molecule has 0 aliphatic carbocycles. The maximum atomic E-state index is 12.2. The number of nitrogens with zero attached hydrogens (tertiary/aromatic N) is 1. The van der Waals surface area contributed by atoms with E-state index < -0.39 is 11.6 Å². The number of methoxy groups -OCH3 is 2. The van der Waals surface area contributed by atoms with Gasteiger partial charge in [0.05, 0.1) is 14.2 Å². The molecule has 0 saturated heterocycles. The summed E-state index contributed by atoms with van der Waals surface area (Å²) in [5.74, 6) is 0.0948. The van der Waals surface area contributed by atoms with Crippen LogP contribution in [0.5, 0.6) is 5.75 Å². The van der Waals surface area contributed by atoms with Gasteiger partial charge >= 0.3 is 12.1 Å². The van der Waals surface area contributed by atoms with E-state index in [-0.39, 0.29) is 6.09 Å². The van der Waals surface area contributed by atoms with Crippen molar-refractivity contribution >= 4 is 12.1 Å². The van der Waals surface area contributed by atoms with E-state index in [1.54, 1.807) is 11.0 Å². The van der Waals surface area contributed by atoms with Gasteiger partial charge in [0.1, 0.15) is 16.9 Å². The van der Waals surface area contributed by atoms with Gasteiger partial charge in [0, 0.05) is 18.7 Å². The van der Waals surface area contributed by atoms with Crippen molar-refractivity contribution in [3.63, 3.8) is 0 Å². The summed E-state index contributed by atoms with van der Waals surface area (Å²) in [7, 11) is 2.87. The summed E-state index contributed by atoms with van der Waals surface area (Å²) in [6.45, 7) is 6.47. The molecule has 1 amide bonds. The molecule has 6 nitrogen and oxygen atoms in total. The monoisotopic (exact) mass is 321 g/mol. The zero-order valence-electron chi connectivity index (χ0n) is 14.3. The second-order valence-electron chi connectivity index (χ2n) is 6.43. The van der Waals surface area contributed by atoms with Crippen molar-refractivity contribution in [3.05, 3.63) is 28.8 Å². The molecule has 23 heavy (non-hydrogen) atoms. The molecular formula is C17H23NO5. The molecule has 1 aromatic rings. The highest BCUT2D eigenvalue weighted by Gasteiger charge is 2.29. The summed E-state index contributed by atoms with van der Waals surface area (Å²) in [6, 6.07) is 3.50. The number of rotatable bonds is 2. The van der Waals surface area contributed by atoms with Crippen LogP contribution >= 0.6 is 0 Å². The third-order valence-electron chi connectivity index (χ3n) is 3.61. The van der Waals surface area contributed by atoms with Gasteiger partial charge in [-0.05, 0) is 38.8 Å². The van der Waals surface area contributed by atoms with Gasteiger partial charge in [0.25, 0.3) is 0 Å². The lowest BCUT2D eigenvalue weighted by molar-refractivity contribution is 0.0222. The Morgan fingerprint density at radius 2 is 1.87 bits per heavy atom. The highest BCUT2D eigenvalue weighted by Crippen LogP contribution is 2.32. The lowest BCUT2D eigenvalue weighted by Crippen LogP contribution is -2.40. The summed E-state index contributed by atoms with van der Waals surface area (Å²) in [5.41, 5.74) is 1.77. The van der Waals surface area contributed by atoms with E-state index in [0.717, 1.165) is 11.1 Å². The molecule has 1 aliphatic rings. The Kier molecular flexibility index (Phi) is 4.82. The van der Waals surface area contributed by atoms with Gasteiger partial charge in [-0.15, -0.1) is 0 Å². The van der Waals surface area contributed by atoms with Crippen molar-refractivity contribution in [2.24, 2.45) is 0 Å². The van der Waals surface area contributed by atoms with Crippen LogP contribution < -0.4 is 4.74 Å². The number of carbonyl (C=O) groups is 2. The first-order chi connectivity index (χ1) is 10.8. The number of hydrogen-bond donors (Lipinski definition) is 0. The standard InChI is InChI=1S/C17H23NO5/c1-17(2,3)23-16(20)18-9-8-12-11(10-18)6-7-13(14(12)21-4)15(19)22-5/h6-7H,8-10H2,1-5H3. The average Bonchev–Trinajstić information content (AvgIpc) is 2.50. The van der Waals surface area contributed by atoms with Crippen LogP contribution in [-0.2, 0) is 22.4 Å². The molecule has 6 heteroatoms. The molecule has 1 heterocycles. The van der Waals surface area contributed by atoms with Crippen LogP contribution in [0.3, 0.4) is 0 Å². The molecule has 0 fully saturated rings. The number of benzene rings is 1.